The van der Waals surface area contributed by atoms with Gasteiger partial charge in [-0.1, -0.05) is 47.6 Å². The van der Waals surface area contributed by atoms with Gasteiger partial charge in [-0.25, -0.2) is 4.79 Å². The van der Waals surface area contributed by atoms with Gasteiger partial charge in [-0.3, -0.25) is 0 Å². The summed E-state index contributed by atoms with van der Waals surface area (Å²) in [6.45, 7) is 13.3. The SMILES string of the molecule is CC(C)(C)C(/C=C/C(=O)[PH3+])C(C)(C)C.F[B-](F)(F)F. The Morgan fingerprint density at radius 2 is 1.26 bits per heavy atom. The third-order valence-electron chi connectivity index (χ3n) is 2.34. The fourth-order valence-electron chi connectivity index (χ4n) is 2.08. The van der Waals surface area contributed by atoms with Gasteiger partial charge in [-0.2, -0.15) is 0 Å². The van der Waals surface area contributed by atoms with Crippen LogP contribution >= 0.6 is 9.24 Å². The third-order valence-corrected chi connectivity index (χ3v) is 2.58. The summed E-state index contributed by atoms with van der Waals surface area (Å²) in [6.07, 6.45) is 3.77. The molecule has 0 fully saturated rings. The Bertz CT molecular complexity index is 293. The van der Waals surface area contributed by atoms with Gasteiger partial charge in [-0.05, 0) is 16.7 Å². The van der Waals surface area contributed by atoms with Crippen molar-refractivity contribution in [2.24, 2.45) is 16.7 Å². The number of allylic oxidation sites excluding steroid dienone is 2. The summed E-state index contributed by atoms with van der Waals surface area (Å²) >= 11 is 0. The Balaban J connectivity index is 0. The smallest absolute Gasteiger partial charge is 0.418 e. The van der Waals surface area contributed by atoms with Gasteiger partial charge in [0.25, 0.3) is 5.52 Å². The molecule has 0 aliphatic heterocycles. The van der Waals surface area contributed by atoms with Crippen LogP contribution in [0.3, 0.4) is 0 Å². The molecule has 0 saturated heterocycles. The fraction of sp³-hybridized carbons (Fsp3) is 0.750. The highest BCUT2D eigenvalue weighted by atomic mass is 31.0. The first-order chi connectivity index (χ1) is 8.05. The molecule has 0 saturated carbocycles. The number of halogens is 4. The summed E-state index contributed by atoms with van der Waals surface area (Å²) in [5.74, 6) is 0.420. The number of carbonyl (C=O) groups excluding carboxylic acids is 1. The molecule has 0 N–H and O–H groups in total. The molecule has 0 spiro atoms. The minimum atomic E-state index is -6.00. The molecule has 0 rings (SSSR count). The molecule has 1 nitrogen and oxygen atoms in total. The molecule has 0 aromatic rings. The summed E-state index contributed by atoms with van der Waals surface area (Å²) in [6, 6.07) is 0. The highest BCUT2D eigenvalue weighted by molar-refractivity contribution is 7.40. The summed E-state index contributed by atoms with van der Waals surface area (Å²) in [7, 11) is -4.60. The van der Waals surface area contributed by atoms with Crippen LogP contribution in [-0.4, -0.2) is 12.8 Å². The summed E-state index contributed by atoms with van der Waals surface area (Å²) in [5, 5.41) is 0. The predicted octanol–water partition coefficient (Wildman–Crippen LogP) is 4.69. The van der Waals surface area contributed by atoms with E-state index >= 15 is 0 Å². The van der Waals surface area contributed by atoms with Crippen LogP contribution in [0.1, 0.15) is 41.5 Å². The highest BCUT2D eigenvalue weighted by Gasteiger charge is 2.32. The van der Waals surface area contributed by atoms with Crippen molar-refractivity contribution in [3.8, 4) is 0 Å². The molecular weight excluding hydrogens is 278 g/mol. The van der Waals surface area contributed by atoms with E-state index in [2.05, 4.69) is 47.6 Å². The van der Waals surface area contributed by atoms with Gasteiger partial charge in [-0.15, -0.1) is 0 Å². The molecule has 0 amide bonds. The Morgan fingerprint density at radius 3 is 1.42 bits per heavy atom. The maximum absolute atomic E-state index is 10.9. The van der Waals surface area contributed by atoms with Crippen molar-refractivity contribution in [2.45, 2.75) is 41.5 Å². The third kappa shape index (κ3) is 15.6. The van der Waals surface area contributed by atoms with Gasteiger partial charge in [0, 0.05) is 15.3 Å². The van der Waals surface area contributed by atoms with Crippen molar-refractivity contribution in [2.75, 3.05) is 0 Å². The molecular formula is C12H24BF4OP. The van der Waals surface area contributed by atoms with E-state index in [1.54, 1.807) is 6.08 Å². The topological polar surface area (TPSA) is 17.1 Å². The molecule has 0 aromatic carbocycles. The lowest BCUT2D eigenvalue weighted by Crippen LogP contribution is -2.30. The van der Waals surface area contributed by atoms with Gasteiger partial charge in [0.2, 0.25) is 0 Å². The fourth-order valence-corrected chi connectivity index (χ4v) is 2.22. The van der Waals surface area contributed by atoms with Crippen LogP contribution in [0.25, 0.3) is 0 Å². The summed E-state index contributed by atoms with van der Waals surface area (Å²) < 4.78 is 39.0. The Morgan fingerprint density at radius 1 is 1.00 bits per heavy atom. The van der Waals surface area contributed by atoms with Crippen LogP contribution in [0.2, 0.25) is 0 Å². The standard InChI is InChI=1S/C12H23OP.BF4/c1-11(2,3)9(12(4,5)6)7-8-10(13)14;2-1(3,4)5/h7-9H,14H2,1-6H3;/q;-1/p+1/b8-7+;. The van der Waals surface area contributed by atoms with Crippen molar-refractivity contribution in [1.82, 2.24) is 0 Å². The monoisotopic (exact) mass is 302 g/mol. The minimum Gasteiger partial charge on any atom is -0.418 e. The number of carbonyl (C=O) groups is 1. The Labute approximate surface area is 115 Å². The molecule has 1 unspecified atom stereocenters. The maximum atomic E-state index is 10.9. The summed E-state index contributed by atoms with van der Waals surface area (Å²) in [5.41, 5.74) is 0.559. The van der Waals surface area contributed by atoms with Crippen LogP contribution in [-0.2, 0) is 4.79 Å². The van der Waals surface area contributed by atoms with Crippen molar-refractivity contribution in [3.63, 3.8) is 0 Å². The molecule has 0 aliphatic carbocycles. The second kappa shape index (κ2) is 7.42. The second-order valence-corrected chi connectivity index (χ2v) is 7.23. The number of hydrogen-bond acceptors (Lipinski definition) is 1. The Hall–Kier alpha value is -0.375. The molecule has 0 bridgehead atoms. The molecule has 0 heterocycles. The van der Waals surface area contributed by atoms with Crippen LogP contribution < -0.4 is 0 Å². The van der Waals surface area contributed by atoms with E-state index in [9.17, 15) is 22.1 Å². The zero-order chi connectivity index (χ0) is 16.1. The molecule has 114 valence electrons. The quantitative estimate of drug-likeness (QED) is 0.313. The summed E-state index contributed by atoms with van der Waals surface area (Å²) in [4.78, 5) is 10.9. The van der Waals surface area contributed by atoms with Crippen molar-refractivity contribution >= 4 is 22.0 Å². The molecule has 19 heavy (non-hydrogen) atoms. The van der Waals surface area contributed by atoms with Gasteiger partial charge in [0.15, 0.2) is 0 Å². The van der Waals surface area contributed by atoms with Crippen molar-refractivity contribution < 1.29 is 22.1 Å². The van der Waals surface area contributed by atoms with Gasteiger partial charge >= 0.3 is 7.25 Å². The average Bonchev–Trinajstić information content (AvgIpc) is 1.93. The van der Waals surface area contributed by atoms with E-state index in [-0.39, 0.29) is 16.4 Å². The van der Waals surface area contributed by atoms with E-state index in [4.69, 9.17) is 0 Å². The lowest BCUT2D eigenvalue weighted by Gasteiger charge is -2.38. The first kappa shape index (κ1) is 20.9. The molecule has 0 radical (unpaired) electrons. The highest BCUT2D eigenvalue weighted by Crippen LogP contribution is 2.40. The second-order valence-electron chi connectivity index (χ2n) is 6.53. The Kier molecular flexibility index (Phi) is 8.17. The molecule has 0 aliphatic rings. The molecule has 0 aromatic heterocycles. The number of hydrogen-bond donors (Lipinski definition) is 0. The van der Waals surface area contributed by atoms with Gasteiger partial charge in [0.1, 0.15) is 0 Å². The van der Waals surface area contributed by atoms with E-state index in [1.807, 2.05) is 0 Å². The molecule has 7 heteroatoms. The lowest BCUT2D eigenvalue weighted by atomic mass is 9.66. The maximum Gasteiger partial charge on any atom is 0.673 e. The zero-order valence-corrected chi connectivity index (χ0v) is 13.9. The first-order valence-electron chi connectivity index (χ1n) is 5.96. The molecule has 1 atom stereocenters. The number of rotatable bonds is 2. The van der Waals surface area contributed by atoms with E-state index < -0.39 is 7.25 Å². The van der Waals surface area contributed by atoms with Crippen LogP contribution in [0, 0.1) is 16.7 Å². The van der Waals surface area contributed by atoms with Crippen molar-refractivity contribution in [3.05, 3.63) is 12.2 Å². The van der Waals surface area contributed by atoms with Gasteiger partial charge in [0.05, 0.1) is 0 Å². The van der Waals surface area contributed by atoms with E-state index in [0.717, 1.165) is 0 Å². The van der Waals surface area contributed by atoms with E-state index in [1.165, 1.54) is 9.24 Å². The average molecular weight is 302 g/mol. The van der Waals surface area contributed by atoms with E-state index in [0.29, 0.717) is 5.92 Å². The largest absolute Gasteiger partial charge is 0.673 e. The predicted molar refractivity (Wildman–Crippen MR) is 77.8 cm³/mol. The van der Waals surface area contributed by atoms with Crippen molar-refractivity contribution in [1.29, 1.82) is 0 Å². The minimum absolute atomic E-state index is 0.156. The van der Waals surface area contributed by atoms with Crippen LogP contribution in [0.15, 0.2) is 12.2 Å². The normalized spacial score (nSPS) is 13.6. The van der Waals surface area contributed by atoms with Crippen LogP contribution in [0.5, 0.6) is 0 Å². The van der Waals surface area contributed by atoms with Gasteiger partial charge < -0.3 is 17.3 Å². The zero-order valence-electron chi connectivity index (χ0n) is 12.4. The van der Waals surface area contributed by atoms with Crippen LogP contribution in [0.4, 0.5) is 17.3 Å². The first-order valence-corrected chi connectivity index (χ1v) is 6.67. The lowest BCUT2D eigenvalue weighted by molar-refractivity contribution is -0.107.